The Kier molecular flexibility index (Phi) is 3.89. The molecule has 0 spiro atoms. The van der Waals surface area contributed by atoms with Crippen LogP contribution >= 0.6 is 23.2 Å². The summed E-state index contributed by atoms with van der Waals surface area (Å²) in [4.78, 5) is 11.7. The van der Waals surface area contributed by atoms with Crippen molar-refractivity contribution < 1.29 is 9.32 Å². The fourth-order valence-corrected chi connectivity index (χ4v) is 1.77. The quantitative estimate of drug-likeness (QED) is 0.939. The Hall–Kier alpha value is -1.52. The highest BCUT2D eigenvalue weighted by Crippen LogP contribution is 2.22. The summed E-state index contributed by atoms with van der Waals surface area (Å²) in [6.45, 7) is 1.75. The van der Waals surface area contributed by atoms with Crippen molar-refractivity contribution in [1.82, 2.24) is 5.16 Å². The van der Waals surface area contributed by atoms with E-state index in [0.717, 1.165) is 5.56 Å². The maximum Gasteiger partial charge on any atom is 0.230 e. The second-order valence-electron chi connectivity index (χ2n) is 3.80. The molecule has 0 atom stereocenters. The SMILES string of the molecule is Cc1cc(NC(=O)Cc2ccc(Cl)c(Cl)c2)no1. The molecule has 2 rings (SSSR count). The minimum Gasteiger partial charge on any atom is -0.360 e. The van der Waals surface area contributed by atoms with Gasteiger partial charge in [-0.3, -0.25) is 4.79 Å². The topological polar surface area (TPSA) is 55.1 Å². The lowest BCUT2D eigenvalue weighted by Crippen LogP contribution is -2.14. The first-order valence-electron chi connectivity index (χ1n) is 5.21. The third-order valence-electron chi connectivity index (χ3n) is 2.24. The molecule has 1 N–H and O–H groups in total. The van der Waals surface area contributed by atoms with E-state index in [1.165, 1.54) is 0 Å². The molecule has 1 amide bonds. The summed E-state index contributed by atoms with van der Waals surface area (Å²) < 4.78 is 4.85. The van der Waals surface area contributed by atoms with Crippen LogP contribution in [-0.4, -0.2) is 11.1 Å². The number of nitrogens with zero attached hydrogens (tertiary/aromatic N) is 1. The van der Waals surface area contributed by atoms with Gasteiger partial charge in [-0.1, -0.05) is 34.4 Å². The highest BCUT2D eigenvalue weighted by atomic mass is 35.5. The standard InChI is InChI=1S/C12H10Cl2N2O2/c1-7-4-11(16-18-7)15-12(17)6-8-2-3-9(13)10(14)5-8/h2-5H,6H2,1H3,(H,15,16,17). The van der Waals surface area contributed by atoms with Crippen LogP contribution < -0.4 is 5.32 Å². The lowest BCUT2D eigenvalue weighted by molar-refractivity contribution is -0.115. The molecule has 0 aliphatic rings. The highest BCUT2D eigenvalue weighted by Gasteiger charge is 2.08. The summed E-state index contributed by atoms with van der Waals surface area (Å²) in [5.41, 5.74) is 0.780. The first-order valence-corrected chi connectivity index (χ1v) is 5.97. The van der Waals surface area contributed by atoms with Gasteiger partial charge in [-0.15, -0.1) is 0 Å². The first-order chi connectivity index (χ1) is 8.54. The van der Waals surface area contributed by atoms with Gasteiger partial charge in [-0.2, -0.15) is 0 Å². The van der Waals surface area contributed by atoms with Gasteiger partial charge in [0.05, 0.1) is 16.5 Å². The second kappa shape index (κ2) is 5.42. The van der Waals surface area contributed by atoms with Crippen LogP contribution in [0.1, 0.15) is 11.3 Å². The molecule has 0 aliphatic carbocycles. The zero-order valence-electron chi connectivity index (χ0n) is 9.54. The lowest BCUT2D eigenvalue weighted by Gasteiger charge is -2.03. The van der Waals surface area contributed by atoms with Gasteiger partial charge in [0.25, 0.3) is 0 Å². The summed E-state index contributed by atoms with van der Waals surface area (Å²) in [5, 5.41) is 7.20. The number of amides is 1. The van der Waals surface area contributed by atoms with E-state index < -0.39 is 0 Å². The molecule has 0 saturated carbocycles. The van der Waals surface area contributed by atoms with E-state index in [0.29, 0.717) is 21.6 Å². The van der Waals surface area contributed by atoms with Crippen LogP contribution in [0.2, 0.25) is 10.0 Å². The number of hydrogen-bond acceptors (Lipinski definition) is 3. The van der Waals surface area contributed by atoms with Crippen LogP contribution in [0.3, 0.4) is 0 Å². The van der Waals surface area contributed by atoms with Crippen LogP contribution in [-0.2, 0) is 11.2 Å². The second-order valence-corrected chi connectivity index (χ2v) is 4.61. The van der Waals surface area contributed by atoms with Crippen molar-refractivity contribution in [2.75, 3.05) is 5.32 Å². The van der Waals surface area contributed by atoms with Gasteiger partial charge in [0.15, 0.2) is 5.82 Å². The van der Waals surface area contributed by atoms with E-state index in [-0.39, 0.29) is 12.3 Å². The van der Waals surface area contributed by atoms with Gasteiger partial charge in [0.2, 0.25) is 5.91 Å². The number of aryl methyl sites for hydroxylation is 1. The fourth-order valence-electron chi connectivity index (χ4n) is 1.45. The molecule has 1 aromatic heterocycles. The van der Waals surface area contributed by atoms with Crippen LogP contribution in [0, 0.1) is 6.92 Å². The summed E-state index contributed by atoms with van der Waals surface area (Å²) >= 11 is 11.7. The number of carbonyl (C=O) groups excluding carboxylic acids is 1. The molecule has 2 aromatic rings. The minimum atomic E-state index is -0.193. The van der Waals surface area contributed by atoms with Gasteiger partial charge >= 0.3 is 0 Å². The van der Waals surface area contributed by atoms with Crippen LogP contribution in [0.15, 0.2) is 28.8 Å². The van der Waals surface area contributed by atoms with E-state index in [1.54, 1.807) is 31.2 Å². The normalized spacial score (nSPS) is 10.4. The third-order valence-corrected chi connectivity index (χ3v) is 2.98. The number of benzene rings is 1. The fraction of sp³-hybridized carbons (Fsp3) is 0.167. The number of nitrogens with one attached hydrogen (secondary N) is 1. The summed E-state index contributed by atoms with van der Waals surface area (Å²) in [6, 6.07) is 6.72. The predicted octanol–water partition coefficient (Wildman–Crippen LogP) is 3.47. The van der Waals surface area contributed by atoms with Gasteiger partial charge in [-0.05, 0) is 24.6 Å². The Labute approximate surface area is 114 Å². The Morgan fingerprint density at radius 1 is 1.33 bits per heavy atom. The van der Waals surface area contributed by atoms with Crippen LogP contribution in [0.5, 0.6) is 0 Å². The molecule has 18 heavy (non-hydrogen) atoms. The molecule has 0 bridgehead atoms. The number of halogens is 2. The van der Waals surface area contributed by atoms with Crippen molar-refractivity contribution >= 4 is 34.9 Å². The molecule has 0 radical (unpaired) electrons. The molecule has 94 valence electrons. The van der Waals surface area contributed by atoms with E-state index in [4.69, 9.17) is 27.7 Å². The molecule has 0 fully saturated rings. The lowest BCUT2D eigenvalue weighted by atomic mass is 10.1. The molecule has 6 heteroatoms. The largest absolute Gasteiger partial charge is 0.360 e. The van der Waals surface area contributed by atoms with Gasteiger partial charge in [0, 0.05) is 6.07 Å². The predicted molar refractivity (Wildman–Crippen MR) is 70.0 cm³/mol. The summed E-state index contributed by atoms with van der Waals surface area (Å²) in [6.07, 6.45) is 0.197. The Morgan fingerprint density at radius 3 is 2.72 bits per heavy atom. The van der Waals surface area contributed by atoms with Crippen molar-refractivity contribution in [2.45, 2.75) is 13.3 Å². The number of aromatic nitrogens is 1. The zero-order chi connectivity index (χ0) is 13.1. The maximum absolute atomic E-state index is 11.7. The highest BCUT2D eigenvalue weighted by molar-refractivity contribution is 6.42. The van der Waals surface area contributed by atoms with Gasteiger partial charge < -0.3 is 9.84 Å². The number of hydrogen-bond donors (Lipinski definition) is 1. The van der Waals surface area contributed by atoms with Crippen molar-refractivity contribution in [2.24, 2.45) is 0 Å². The van der Waals surface area contributed by atoms with Crippen molar-refractivity contribution in [3.63, 3.8) is 0 Å². The van der Waals surface area contributed by atoms with E-state index in [2.05, 4.69) is 10.5 Å². The third kappa shape index (κ3) is 3.24. The van der Waals surface area contributed by atoms with Crippen molar-refractivity contribution in [3.05, 3.63) is 45.6 Å². The number of carbonyl (C=O) groups is 1. The summed E-state index contributed by atoms with van der Waals surface area (Å²) in [7, 11) is 0. The number of rotatable bonds is 3. The molecule has 1 heterocycles. The molecular weight excluding hydrogens is 275 g/mol. The van der Waals surface area contributed by atoms with Crippen molar-refractivity contribution in [3.8, 4) is 0 Å². The smallest absolute Gasteiger partial charge is 0.230 e. The summed E-state index contributed by atoms with van der Waals surface area (Å²) in [5.74, 6) is 0.846. The van der Waals surface area contributed by atoms with Gasteiger partial charge in [-0.25, -0.2) is 0 Å². The Morgan fingerprint density at radius 2 is 2.11 bits per heavy atom. The van der Waals surface area contributed by atoms with Crippen molar-refractivity contribution in [1.29, 1.82) is 0 Å². The average molecular weight is 285 g/mol. The van der Waals surface area contributed by atoms with E-state index >= 15 is 0 Å². The maximum atomic E-state index is 11.7. The molecular formula is C12H10Cl2N2O2. The molecule has 0 saturated heterocycles. The van der Waals surface area contributed by atoms with E-state index in [1.807, 2.05) is 0 Å². The Balaban J connectivity index is 2.00. The van der Waals surface area contributed by atoms with E-state index in [9.17, 15) is 4.79 Å². The number of anilines is 1. The molecule has 0 aliphatic heterocycles. The van der Waals surface area contributed by atoms with Gasteiger partial charge in [0.1, 0.15) is 5.76 Å². The minimum absolute atomic E-state index is 0.193. The Bertz CT molecular complexity index is 581. The monoisotopic (exact) mass is 284 g/mol. The first kappa shape index (κ1) is 12.9. The zero-order valence-corrected chi connectivity index (χ0v) is 11.0. The van der Waals surface area contributed by atoms with Crippen LogP contribution in [0.4, 0.5) is 5.82 Å². The molecule has 1 aromatic carbocycles. The molecule has 4 nitrogen and oxygen atoms in total. The molecule has 0 unspecified atom stereocenters. The van der Waals surface area contributed by atoms with Crippen LogP contribution in [0.25, 0.3) is 0 Å². The average Bonchev–Trinajstić information content (AvgIpc) is 2.69.